The summed E-state index contributed by atoms with van der Waals surface area (Å²) in [7, 11) is 0. The van der Waals surface area contributed by atoms with Gasteiger partial charge in [-0.2, -0.15) is 0 Å². The van der Waals surface area contributed by atoms with Gasteiger partial charge in [0.15, 0.2) is 0 Å². The Morgan fingerprint density at radius 2 is 1.19 bits per heavy atom. The standard InChI is InChI=1S/C26H20/c1-17-9-8-16-24-25(17)20-12-4-7-15-23(20)26(24)21-13-5-2-10-18(21)19-11-3-6-14-22(19)26/h2-8,10-17H,9H2,1H3. The van der Waals surface area contributed by atoms with Crippen LogP contribution in [-0.4, -0.2) is 0 Å². The van der Waals surface area contributed by atoms with Gasteiger partial charge in [-0.1, -0.05) is 91.9 Å². The quantitative estimate of drug-likeness (QED) is 0.449. The lowest BCUT2D eigenvalue weighted by Crippen LogP contribution is -2.27. The van der Waals surface area contributed by atoms with E-state index in [1.807, 2.05) is 0 Å². The minimum Gasteiger partial charge on any atom is -0.0836 e. The van der Waals surface area contributed by atoms with Crippen LogP contribution in [0.4, 0.5) is 0 Å². The Hall–Kier alpha value is -2.86. The second-order valence-electron chi connectivity index (χ2n) is 7.75. The monoisotopic (exact) mass is 332 g/mol. The molecule has 26 heavy (non-hydrogen) atoms. The first kappa shape index (κ1) is 14.3. The maximum absolute atomic E-state index is 2.41. The van der Waals surface area contributed by atoms with Crippen LogP contribution in [0.25, 0.3) is 16.7 Å². The van der Waals surface area contributed by atoms with Gasteiger partial charge in [0.05, 0.1) is 5.41 Å². The first-order chi connectivity index (χ1) is 12.8. The summed E-state index contributed by atoms with van der Waals surface area (Å²) in [5, 5.41) is 0. The van der Waals surface area contributed by atoms with Gasteiger partial charge in [-0.05, 0) is 56.9 Å². The molecule has 0 heterocycles. The average molecular weight is 332 g/mol. The van der Waals surface area contributed by atoms with Crippen molar-refractivity contribution in [1.29, 1.82) is 0 Å². The number of allylic oxidation sites excluding steroid dienone is 4. The summed E-state index contributed by atoms with van der Waals surface area (Å²) < 4.78 is 0. The molecule has 0 amide bonds. The summed E-state index contributed by atoms with van der Waals surface area (Å²) in [6, 6.07) is 27.1. The van der Waals surface area contributed by atoms with Crippen molar-refractivity contribution < 1.29 is 0 Å². The molecule has 0 saturated heterocycles. The smallest absolute Gasteiger partial charge is 0.0722 e. The lowest BCUT2D eigenvalue weighted by Gasteiger charge is -2.32. The predicted octanol–water partition coefficient (Wildman–Crippen LogP) is 6.36. The van der Waals surface area contributed by atoms with Gasteiger partial charge in [-0.15, -0.1) is 0 Å². The summed E-state index contributed by atoms with van der Waals surface area (Å²) in [5.41, 5.74) is 11.5. The van der Waals surface area contributed by atoms with E-state index in [1.165, 1.54) is 39.0 Å². The van der Waals surface area contributed by atoms with Crippen LogP contribution >= 0.6 is 0 Å². The van der Waals surface area contributed by atoms with Crippen molar-refractivity contribution in [3.63, 3.8) is 0 Å². The van der Waals surface area contributed by atoms with Crippen molar-refractivity contribution in [1.82, 2.24) is 0 Å². The molecule has 0 radical (unpaired) electrons. The van der Waals surface area contributed by atoms with Crippen LogP contribution in [0.3, 0.4) is 0 Å². The fourth-order valence-corrected chi connectivity index (χ4v) is 5.61. The van der Waals surface area contributed by atoms with Crippen molar-refractivity contribution in [2.75, 3.05) is 0 Å². The van der Waals surface area contributed by atoms with Gasteiger partial charge < -0.3 is 0 Å². The summed E-state index contributed by atoms with van der Waals surface area (Å²) in [4.78, 5) is 0. The van der Waals surface area contributed by atoms with Crippen LogP contribution in [-0.2, 0) is 5.41 Å². The summed E-state index contributed by atoms with van der Waals surface area (Å²) in [6.45, 7) is 2.38. The molecule has 0 aliphatic heterocycles. The van der Waals surface area contributed by atoms with Gasteiger partial charge in [-0.3, -0.25) is 0 Å². The van der Waals surface area contributed by atoms with E-state index in [-0.39, 0.29) is 5.41 Å². The number of benzene rings is 3. The molecule has 1 unspecified atom stereocenters. The molecule has 0 heteroatoms. The zero-order chi connectivity index (χ0) is 17.3. The highest BCUT2D eigenvalue weighted by Crippen LogP contribution is 2.63. The molecule has 0 nitrogen and oxygen atoms in total. The molecule has 0 saturated carbocycles. The molecule has 0 bridgehead atoms. The summed E-state index contributed by atoms with van der Waals surface area (Å²) >= 11 is 0. The minimum atomic E-state index is -0.149. The molecule has 1 atom stereocenters. The van der Waals surface area contributed by atoms with Crippen molar-refractivity contribution in [2.24, 2.45) is 5.92 Å². The lowest BCUT2D eigenvalue weighted by atomic mass is 9.68. The molecule has 0 aromatic heterocycles. The van der Waals surface area contributed by atoms with Crippen LogP contribution < -0.4 is 0 Å². The van der Waals surface area contributed by atoms with E-state index in [4.69, 9.17) is 0 Å². The maximum atomic E-state index is 2.41. The van der Waals surface area contributed by atoms with Gasteiger partial charge in [0.25, 0.3) is 0 Å². The second kappa shape index (κ2) is 4.86. The van der Waals surface area contributed by atoms with E-state index < -0.39 is 0 Å². The van der Waals surface area contributed by atoms with Gasteiger partial charge in [0.1, 0.15) is 0 Å². The van der Waals surface area contributed by atoms with Gasteiger partial charge >= 0.3 is 0 Å². The molecule has 3 aliphatic rings. The van der Waals surface area contributed by atoms with Crippen LogP contribution in [0.15, 0.2) is 90.5 Å². The summed E-state index contributed by atoms with van der Waals surface area (Å²) in [5.74, 6) is 0.565. The largest absolute Gasteiger partial charge is 0.0836 e. The zero-order valence-corrected chi connectivity index (χ0v) is 14.9. The first-order valence-corrected chi connectivity index (χ1v) is 9.54. The Labute approximate surface area is 154 Å². The van der Waals surface area contributed by atoms with Crippen LogP contribution in [0.5, 0.6) is 0 Å². The molecule has 3 aromatic carbocycles. The van der Waals surface area contributed by atoms with E-state index in [0.717, 1.165) is 6.42 Å². The number of fused-ring (bicyclic) bond motifs is 9. The molecule has 3 aliphatic carbocycles. The maximum Gasteiger partial charge on any atom is 0.0722 e. The highest BCUT2D eigenvalue weighted by Gasteiger charge is 2.52. The van der Waals surface area contributed by atoms with Crippen LogP contribution in [0.1, 0.15) is 35.6 Å². The Morgan fingerprint density at radius 1 is 0.692 bits per heavy atom. The highest BCUT2D eigenvalue weighted by molar-refractivity contribution is 5.96. The number of rotatable bonds is 0. The third kappa shape index (κ3) is 1.48. The van der Waals surface area contributed by atoms with Crippen molar-refractivity contribution in [2.45, 2.75) is 18.8 Å². The Bertz CT molecular complexity index is 1080. The number of hydrogen-bond donors (Lipinski definition) is 0. The van der Waals surface area contributed by atoms with Crippen molar-refractivity contribution in [3.05, 3.63) is 113 Å². The second-order valence-corrected chi connectivity index (χ2v) is 7.75. The molecular weight excluding hydrogens is 312 g/mol. The fourth-order valence-electron chi connectivity index (χ4n) is 5.61. The van der Waals surface area contributed by atoms with E-state index >= 15 is 0 Å². The zero-order valence-electron chi connectivity index (χ0n) is 14.9. The van der Waals surface area contributed by atoms with E-state index in [0.29, 0.717) is 5.92 Å². The molecule has 6 rings (SSSR count). The van der Waals surface area contributed by atoms with Crippen LogP contribution in [0.2, 0.25) is 0 Å². The van der Waals surface area contributed by atoms with E-state index in [1.54, 1.807) is 5.57 Å². The predicted molar refractivity (Wildman–Crippen MR) is 108 cm³/mol. The van der Waals surface area contributed by atoms with Crippen molar-refractivity contribution >= 4 is 5.57 Å². The normalized spacial score (nSPS) is 20.7. The average Bonchev–Trinajstić information content (AvgIpc) is 3.16. The molecule has 0 N–H and O–H groups in total. The van der Waals surface area contributed by atoms with Gasteiger partial charge in [-0.25, -0.2) is 0 Å². The first-order valence-electron chi connectivity index (χ1n) is 9.54. The van der Waals surface area contributed by atoms with Gasteiger partial charge in [0.2, 0.25) is 0 Å². The van der Waals surface area contributed by atoms with E-state index in [2.05, 4.69) is 91.9 Å². The SMILES string of the molecule is CC1CC=CC2=C1c1ccccc1C21c2ccccc2-c2ccccc21. The third-order valence-electron chi connectivity index (χ3n) is 6.53. The van der Waals surface area contributed by atoms with Gasteiger partial charge in [0, 0.05) is 0 Å². The Morgan fingerprint density at radius 3 is 1.81 bits per heavy atom. The molecule has 1 spiro atoms. The molecule has 0 fully saturated rings. The fraction of sp³-hybridized carbons (Fsp3) is 0.154. The summed E-state index contributed by atoms with van der Waals surface area (Å²) in [6.07, 6.45) is 5.92. The third-order valence-corrected chi connectivity index (χ3v) is 6.53. The van der Waals surface area contributed by atoms with E-state index in [9.17, 15) is 0 Å². The molecule has 3 aromatic rings. The molecule has 124 valence electrons. The lowest BCUT2D eigenvalue weighted by molar-refractivity contribution is 0.731. The molecular formula is C26H20. The Kier molecular flexibility index (Phi) is 2.68. The van der Waals surface area contributed by atoms with Crippen LogP contribution in [0, 0.1) is 5.92 Å². The topological polar surface area (TPSA) is 0 Å². The highest BCUT2D eigenvalue weighted by atomic mass is 14.5. The van der Waals surface area contributed by atoms with Crippen molar-refractivity contribution in [3.8, 4) is 11.1 Å². The Balaban J connectivity index is 1.84. The number of hydrogen-bond acceptors (Lipinski definition) is 0. The minimum absolute atomic E-state index is 0.149.